The summed E-state index contributed by atoms with van der Waals surface area (Å²) in [5, 5.41) is 11.6. The summed E-state index contributed by atoms with van der Waals surface area (Å²) in [6.45, 7) is 3.85. The molecule has 17 heavy (non-hydrogen) atoms. The first kappa shape index (κ1) is 12.1. The van der Waals surface area contributed by atoms with Crippen LogP contribution in [-0.2, 0) is 0 Å². The van der Waals surface area contributed by atoms with Crippen molar-refractivity contribution in [1.82, 2.24) is 0 Å². The van der Waals surface area contributed by atoms with Crippen LogP contribution in [0.15, 0.2) is 23.6 Å². The first-order valence-corrected chi connectivity index (χ1v) is 6.34. The molecule has 4 heteroatoms. The number of hydrogen-bond acceptors (Lipinski definition) is 2. The van der Waals surface area contributed by atoms with Gasteiger partial charge in [0.25, 0.3) is 0 Å². The van der Waals surface area contributed by atoms with Gasteiger partial charge in [-0.25, -0.2) is 4.79 Å². The fourth-order valence-corrected chi connectivity index (χ4v) is 2.72. The maximum absolute atomic E-state index is 11.1. The zero-order chi connectivity index (χ0) is 12.6. The Morgan fingerprint density at radius 3 is 2.59 bits per heavy atom. The summed E-state index contributed by atoms with van der Waals surface area (Å²) in [5.41, 5.74) is 3.64. The summed E-state index contributed by atoms with van der Waals surface area (Å²) in [5.74, 6) is -0.887. The zero-order valence-electron chi connectivity index (χ0n) is 9.45. The molecule has 0 bridgehead atoms. The summed E-state index contributed by atoms with van der Waals surface area (Å²) in [4.78, 5) is 11.5. The molecule has 2 aromatic rings. The summed E-state index contributed by atoms with van der Waals surface area (Å²) >= 11 is 7.27. The molecular formula is C13H11ClO2S. The number of aromatic carboxylic acids is 1. The normalized spacial score (nSPS) is 10.5. The average molecular weight is 267 g/mol. The molecule has 0 atom stereocenters. The molecule has 2 rings (SSSR count). The largest absolute Gasteiger partial charge is 0.477 e. The highest BCUT2D eigenvalue weighted by atomic mass is 35.5. The van der Waals surface area contributed by atoms with Gasteiger partial charge in [-0.15, -0.1) is 11.3 Å². The van der Waals surface area contributed by atoms with Crippen molar-refractivity contribution in [2.75, 3.05) is 0 Å². The fourth-order valence-electron chi connectivity index (χ4n) is 1.76. The van der Waals surface area contributed by atoms with E-state index in [0.29, 0.717) is 9.90 Å². The fraction of sp³-hybridized carbons (Fsp3) is 0.154. The topological polar surface area (TPSA) is 37.3 Å². The standard InChI is InChI=1S/C13H11ClO2S/c1-7-6-11(14)8(2)5-10(7)9-3-4-17-12(9)13(15)16/h3-6H,1-2H3,(H,15,16). The molecular weight excluding hydrogens is 256 g/mol. The molecule has 0 saturated carbocycles. The van der Waals surface area contributed by atoms with E-state index in [2.05, 4.69) is 0 Å². The van der Waals surface area contributed by atoms with E-state index in [1.54, 1.807) is 5.38 Å². The average Bonchev–Trinajstić information content (AvgIpc) is 2.72. The molecule has 0 saturated heterocycles. The van der Waals surface area contributed by atoms with E-state index in [1.165, 1.54) is 11.3 Å². The smallest absolute Gasteiger partial charge is 0.346 e. The van der Waals surface area contributed by atoms with Gasteiger partial charge in [-0.05, 0) is 54.1 Å². The van der Waals surface area contributed by atoms with Crippen LogP contribution in [0.1, 0.15) is 20.8 Å². The van der Waals surface area contributed by atoms with Crippen LogP contribution in [0.3, 0.4) is 0 Å². The molecule has 0 aliphatic carbocycles. The van der Waals surface area contributed by atoms with Crippen molar-refractivity contribution in [1.29, 1.82) is 0 Å². The number of rotatable bonds is 2. The highest BCUT2D eigenvalue weighted by Crippen LogP contribution is 2.33. The highest BCUT2D eigenvalue weighted by Gasteiger charge is 2.15. The number of benzene rings is 1. The second kappa shape index (κ2) is 4.51. The molecule has 0 fully saturated rings. The van der Waals surface area contributed by atoms with E-state index in [4.69, 9.17) is 16.7 Å². The van der Waals surface area contributed by atoms with Crippen LogP contribution in [-0.4, -0.2) is 11.1 Å². The number of carboxylic acid groups (broad SMARTS) is 1. The molecule has 0 amide bonds. The number of halogens is 1. The monoisotopic (exact) mass is 266 g/mol. The Morgan fingerprint density at radius 1 is 1.24 bits per heavy atom. The summed E-state index contributed by atoms with van der Waals surface area (Å²) in [6, 6.07) is 5.64. The molecule has 1 aromatic heterocycles. The van der Waals surface area contributed by atoms with Crippen molar-refractivity contribution in [3.8, 4) is 11.1 Å². The molecule has 1 N–H and O–H groups in total. The first-order valence-electron chi connectivity index (χ1n) is 5.08. The van der Waals surface area contributed by atoms with Crippen molar-refractivity contribution in [2.45, 2.75) is 13.8 Å². The second-order valence-electron chi connectivity index (χ2n) is 3.88. The van der Waals surface area contributed by atoms with Gasteiger partial charge in [-0.3, -0.25) is 0 Å². The number of carboxylic acids is 1. The molecule has 2 nitrogen and oxygen atoms in total. The van der Waals surface area contributed by atoms with Gasteiger partial charge in [0.05, 0.1) is 0 Å². The van der Waals surface area contributed by atoms with Crippen LogP contribution < -0.4 is 0 Å². The Kier molecular flexibility index (Phi) is 3.22. The summed E-state index contributed by atoms with van der Waals surface area (Å²) in [6.07, 6.45) is 0. The highest BCUT2D eigenvalue weighted by molar-refractivity contribution is 7.12. The molecule has 1 aromatic carbocycles. The summed E-state index contributed by atoms with van der Waals surface area (Å²) < 4.78 is 0. The van der Waals surface area contributed by atoms with Crippen molar-refractivity contribution >= 4 is 28.9 Å². The van der Waals surface area contributed by atoms with Gasteiger partial charge in [-0.1, -0.05) is 11.6 Å². The number of aryl methyl sites for hydroxylation is 2. The lowest BCUT2D eigenvalue weighted by atomic mass is 9.99. The Bertz CT molecular complexity index is 587. The molecule has 0 unspecified atom stereocenters. The predicted molar refractivity (Wildman–Crippen MR) is 71.2 cm³/mol. The van der Waals surface area contributed by atoms with Gasteiger partial charge in [-0.2, -0.15) is 0 Å². The molecule has 0 aliphatic heterocycles. The number of thiophene rings is 1. The zero-order valence-corrected chi connectivity index (χ0v) is 11.0. The van der Waals surface area contributed by atoms with Gasteiger partial charge >= 0.3 is 5.97 Å². The lowest BCUT2D eigenvalue weighted by Gasteiger charge is -2.08. The van der Waals surface area contributed by atoms with Crippen LogP contribution in [0.4, 0.5) is 0 Å². The van der Waals surface area contributed by atoms with Gasteiger partial charge in [0.15, 0.2) is 0 Å². The lowest BCUT2D eigenvalue weighted by Crippen LogP contribution is -1.96. The van der Waals surface area contributed by atoms with Crippen LogP contribution in [0.25, 0.3) is 11.1 Å². The quantitative estimate of drug-likeness (QED) is 0.876. The Labute approximate surface area is 108 Å². The van der Waals surface area contributed by atoms with Crippen LogP contribution in [0.2, 0.25) is 5.02 Å². The third-order valence-corrected chi connectivity index (χ3v) is 3.96. The van der Waals surface area contributed by atoms with Gasteiger partial charge in [0.1, 0.15) is 4.88 Å². The third-order valence-electron chi connectivity index (χ3n) is 2.66. The molecule has 1 heterocycles. The van der Waals surface area contributed by atoms with Crippen LogP contribution in [0, 0.1) is 13.8 Å². The third kappa shape index (κ3) is 2.21. The van der Waals surface area contributed by atoms with Crippen molar-refractivity contribution in [3.63, 3.8) is 0 Å². The minimum absolute atomic E-state index is 0.370. The van der Waals surface area contributed by atoms with Crippen LogP contribution in [0.5, 0.6) is 0 Å². The number of carbonyl (C=O) groups is 1. The Balaban J connectivity index is 2.64. The Morgan fingerprint density at radius 2 is 1.94 bits per heavy atom. The maximum Gasteiger partial charge on any atom is 0.346 e. The van der Waals surface area contributed by atoms with Gasteiger partial charge < -0.3 is 5.11 Å². The first-order chi connectivity index (χ1) is 8.00. The van der Waals surface area contributed by atoms with Crippen LogP contribution >= 0.6 is 22.9 Å². The van der Waals surface area contributed by atoms with Gasteiger partial charge in [0, 0.05) is 10.6 Å². The SMILES string of the molecule is Cc1cc(-c2ccsc2C(=O)O)c(C)cc1Cl. The van der Waals surface area contributed by atoms with Crippen molar-refractivity contribution in [3.05, 3.63) is 44.6 Å². The van der Waals surface area contributed by atoms with E-state index < -0.39 is 5.97 Å². The van der Waals surface area contributed by atoms with E-state index in [-0.39, 0.29) is 0 Å². The second-order valence-corrected chi connectivity index (χ2v) is 5.21. The molecule has 0 aliphatic rings. The van der Waals surface area contributed by atoms with E-state index >= 15 is 0 Å². The van der Waals surface area contributed by atoms with Gasteiger partial charge in [0.2, 0.25) is 0 Å². The van der Waals surface area contributed by atoms with E-state index in [1.807, 2.05) is 32.0 Å². The maximum atomic E-state index is 11.1. The lowest BCUT2D eigenvalue weighted by molar-refractivity contribution is 0.0703. The molecule has 0 radical (unpaired) electrons. The predicted octanol–water partition coefficient (Wildman–Crippen LogP) is 4.38. The summed E-state index contributed by atoms with van der Waals surface area (Å²) in [7, 11) is 0. The minimum Gasteiger partial charge on any atom is -0.477 e. The Hall–Kier alpha value is -1.32. The minimum atomic E-state index is -0.887. The van der Waals surface area contributed by atoms with Crippen molar-refractivity contribution < 1.29 is 9.90 Å². The van der Waals surface area contributed by atoms with E-state index in [0.717, 1.165) is 22.3 Å². The molecule has 0 spiro atoms. The molecule has 88 valence electrons. The number of hydrogen-bond donors (Lipinski definition) is 1. The van der Waals surface area contributed by atoms with E-state index in [9.17, 15) is 4.79 Å². The van der Waals surface area contributed by atoms with Crippen molar-refractivity contribution in [2.24, 2.45) is 0 Å².